The van der Waals surface area contributed by atoms with E-state index in [1.807, 2.05) is 6.92 Å². The van der Waals surface area contributed by atoms with E-state index in [1.165, 1.54) is 25.7 Å². The van der Waals surface area contributed by atoms with E-state index in [0.29, 0.717) is 58.0 Å². The van der Waals surface area contributed by atoms with Crippen LogP contribution in [0.3, 0.4) is 0 Å². The van der Waals surface area contributed by atoms with Crippen LogP contribution in [0.5, 0.6) is 0 Å². The number of ether oxygens (including phenoxy) is 2. The Hall–Kier alpha value is -1.27. The molecule has 0 saturated heterocycles. The smallest absolute Gasteiger partial charge is 0.220 e. The molecule has 0 aliphatic rings. The summed E-state index contributed by atoms with van der Waals surface area (Å²) in [4.78, 5) is 33.6. The summed E-state index contributed by atoms with van der Waals surface area (Å²) < 4.78 is 10.6. The van der Waals surface area contributed by atoms with E-state index in [0.717, 1.165) is 32.1 Å². The molecule has 0 radical (unpaired) electrons. The van der Waals surface area contributed by atoms with E-state index in [1.54, 1.807) is 6.92 Å². The minimum atomic E-state index is 0.0851. The summed E-state index contributed by atoms with van der Waals surface area (Å²) in [6.45, 7) is 5.85. The first-order chi connectivity index (χ1) is 13.6. The summed E-state index contributed by atoms with van der Waals surface area (Å²) in [6, 6.07) is 0. The standard InChI is InChI=1S/C22H41NO5/c1-3-21(25)12-10-8-6-4-5-7-9-11-13-22(26)23-15-17-28-19-18-27-16-14-20(2)24/h3-19H2,1-2H3,(H,23,26). The quantitative estimate of drug-likeness (QED) is 0.295. The third-order valence-electron chi connectivity index (χ3n) is 4.54. The Morgan fingerprint density at radius 1 is 0.679 bits per heavy atom. The molecular formula is C22H41NO5. The highest BCUT2D eigenvalue weighted by atomic mass is 16.5. The Morgan fingerprint density at radius 2 is 1.21 bits per heavy atom. The minimum Gasteiger partial charge on any atom is -0.379 e. The van der Waals surface area contributed by atoms with Crippen LogP contribution in [0.25, 0.3) is 0 Å². The van der Waals surface area contributed by atoms with Crippen LogP contribution in [-0.2, 0) is 23.9 Å². The molecule has 0 heterocycles. The van der Waals surface area contributed by atoms with E-state index in [-0.39, 0.29) is 11.7 Å². The molecule has 0 fully saturated rings. The Labute approximate surface area is 171 Å². The number of hydrogen-bond acceptors (Lipinski definition) is 5. The number of carbonyl (C=O) groups is 3. The number of carbonyl (C=O) groups excluding carboxylic acids is 3. The lowest BCUT2D eigenvalue weighted by molar-refractivity contribution is -0.121. The second-order valence-electron chi connectivity index (χ2n) is 7.25. The maximum absolute atomic E-state index is 11.7. The molecule has 0 rings (SSSR count). The molecule has 28 heavy (non-hydrogen) atoms. The van der Waals surface area contributed by atoms with Gasteiger partial charge < -0.3 is 14.8 Å². The summed E-state index contributed by atoms with van der Waals surface area (Å²) >= 11 is 0. The fourth-order valence-electron chi connectivity index (χ4n) is 2.73. The highest BCUT2D eigenvalue weighted by Gasteiger charge is 2.01. The van der Waals surface area contributed by atoms with Crippen molar-refractivity contribution in [2.45, 2.75) is 90.9 Å². The van der Waals surface area contributed by atoms with Gasteiger partial charge in [0.1, 0.15) is 11.6 Å². The molecule has 164 valence electrons. The predicted molar refractivity (Wildman–Crippen MR) is 111 cm³/mol. The van der Waals surface area contributed by atoms with Crippen LogP contribution in [0.1, 0.15) is 90.9 Å². The number of hydrogen-bond donors (Lipinski definition) is 1. The van der Waals surface area contributed by atoms with Gasteiger partial charge in [0.05, 0.1) is 26.4 Å². The van der Waals surface area contributed by atoms with Crippen LogP contribution < -0.4 is 5.32 Å². The fraction of sp³-hybridized carbons (Fsp3) is 0.864. The Bertz CT molecular complexity index is 412. The van der Waals surface area contributed by atoms with Crippen LogP contribution in [0, 0.1) is 0 Å². The molecule has 1 N–H and O–H groups in total. The van der Waals surface area contributed by atoms with Gasteiger partial charge in [-0.15, -0.1) is 0 Å². The van der Waals surface area contributed by atoms with Crippen molar-refractivity contribution >= 4 is 17.5 Å². The topological polar surface area (TPSA) is 81.7 Å². The van der Waals surface area contributed by atoms with E-state index >= 15 is 0 Å². The molecule has 0 unspecified atom stereocenters. The first kappa shape index (κ1) is 26.7. The second kappa shape index (κ2) is 20.5. The van der Waals surface area contributed by atoms with Gasteiger partial charge in [0.15, 0.2) is 0 Å². The third-order valence-corrected chi connectivity index (χ3v) is 4.54. The largest absolute Gasteiger partial charge is 0.379 e. The number of rotatable bonds is 21. The predicted octanol–water partition coefficient (Wildman–Crippen LogP) is 4.00. The summed E-state index contributed by atoms with van der Waals surface area (Å²) in [5.74, 6) is 0.585. The Kier molecular flexibility index (Phi) is 19.5. The van der Waals surface area contributed by atoms with Gasteiger partial charge in [-0.3, -0.25) is 14.4 Å². The van der Waals surface area contributed by atoms with Crippen molar-refractivity contribution in [1.29, 1.82) is 0 Å². The van der Waals surface area contributed by atoms with Gasteiger partial charge in [-0.1, -0.05) is 45.4 Å². The van der Waals surface area contributed by atoms with Gasteiger partial charge in [-0.2, -0.15) is 0 Å². The molecular weight excluding hydrogens is 358 g/mol. The van der Waals surface area contributed by atoms with Gasteiger partial charge in [0, 0.05) is 32.2 Å². The van der Waals surface area contributed by atoms with Gasteiger partial charge in [-0.25, -0.2) is 0 Å². The van der Waals surface area contributed by atoms with E-state index in [9.17, 15) is 14.4 Å². The maximum atomic E-state index is 11.7. The SMILES string of the molecule is CCC(=O)CCCCCCCCCCC(=O)NCCOCCOCCC(C)=O. The zero-order chi connectivity index (χ0) is 20.9. The normalized spacial score (nSPS) is 10.8. The van der Waals surface area contributed by atoms with Crippen molar-refractivity contribution in [3.8, 4) is 0 Å². The summed E-state index contributed by atoms with van der Waals surface area (Å²) in [7, 11) is 0. The molecule has 0 saturated carbocycles. The molecule has 0 aliphatic carbocycles. The monoisotopic (exact) mass is 399 g/mol. The molecule has 6 nitrogen and oxygen atoms in total. The number of unbranched alkanes of at least 4 members (excludes halogenated alkanes) is 7. The lowest BCUT2D eigenvalue weighted by atomic mass is 10.0. The number of nitrogens with one attached hydrogen (secondary N) is 1. The average Bonchev–Trinajstić information content (AvgIpc) is 2.67. The lowest BCUT2D eigenvalue weighted by Crippen LogP contribution is -2.27. The van der Waals surface area contributed by atoms with Gasteiger partial charge >= 0.3 is 0 Å². The molecule has 0 aliphatic heterocycles. The molecule has 0 bridgehead atoms. The first-order valence-corrected chi connectivity index (χ1v) is 11.0. The maximum Gasteiger partial charge on any atom is 0.220 e. The number of amides is 1. The number of ketones is 2. The minimum absolute atomic E-state index is 0.0851. The highest BCUT2D eigenvalue weighted by molar-refractivity contribution is 5.77. The lowest BCUT2D eigenvalue weighted by Gasteiger charge is -2.07. The van der Waals surface area contributed by atoms with Crippen molar-refractivity contribution < 1.29 is 23.9 Å². The molecule has 0 aromatic carbocycles. The van der Waals surface area contributed by atoms with Crippen molar-refractivity contribution in [3.63, 3.8) is 0 Å². The van der Waals surface area contributed by atoms with Crippen LogP contribution in [-0.4, -0.2) is 50.4 Å². The molecule has 0 spiro atoms. The van der Waals surface area contributed by atoms with Crippen molar-refractivity contribution in [1.82, 2.24) is 5.32 Å². The summed E-state index contributed by atoms with van der Waals surface area (Å²) in [6.07, 6.45) is 11.5. The molecule has 0 aromatic rings. The van der Waals surface area contributed by atoms with E-state index in [2.05, 4.69) is 5.32 Å². The van der Waals surface area contributed by atoms with Crippen LogP contribution in [0.2, 0.25) is 0 Å². The van der Waals surface area contributed by atoms with Gasteiger partial charge in [-0.05, 0) is 19.8 Å². The summed E-state index contributed by atoms with van der Waals surface area (Å²) in [5.41, 5.74) is 0. The Morgan fingerprint density at radius 3 is 1.79 bits per heavy atom. The average molecular weight is 400 g/mol. The zero-order valence-electron chi connectivity index (χ0n) is 18.1. The first-order valence-electron chi connectivity index (χ1n) is 11.0. The molecule has 6 heteroatoms. The van der Waals surface area contributed by atoms with Crippen LogP contribution >= 0.6 is 0 Å². The van der Waals surface area contributed by atoms with Crippen molar-refractivity contribution in [2.75, 3.05) is 33.0 Å². The third kappa shape index (κ3) is 21.0. The molecule has 0 aromatic heterocycles. The second-order valence-corrected chi connectivity index (χ2v) is 7.25. The molecule has 1 amide bonds. The van der Waals surface area contributed by atoms with Crippen LogP contribution in [0.4, 0.5) is 0 Å². The van der Waals surface area contributed by atoms with E-state index < -0.39 is 0 Å². The van der Waals surface area contributed by atoms with Crippen LogP contribution in [0.15, 0.2) is 0 Å². The summed E-state index contributed by atoms with van der Waals surface area (Å²) in [5, 5.41) is 2.86. The van der Waals surface area contributed by atoms with E-state index in [4.69, 9.17) is 9.47 Å². The molecule has 0 atom stereocenters. The zero-order valence-corrected chi connectivity index (χ0v) is 18.1. The Balaban J connectivity index is 3.21. The van der Waals surface area contributed by atoms with Gasteiger partial charge in [0.2, 0.25) is 5.91 Å². The fourth-order valence-corrected chi connectivity index (χ4v) is 2.73. The number of Topliss-reactive ketones (excluding diaryl/α,β-unsaturated/α-hetero) is 2. The highest BCUT2D eigenvalue weighted by Crippen LogP contribution is 2.11. The van der Waals surface area contributed by atoms with Crippen molar-refractivity contribution in [3.05, 3.63) is 0 Å². The van der Waals surface area contributed by atoms with Gasteiger partial charge in [0.25, 0.3) is 0 Å². The van der Waals surface area contributed by atoms with Crippen molar-refractivity contribution in [2.24, 2.45) is 0 Å².